The van der Waals surface area contributed by atoms with Crippen LogP contribution < -0.4 is 4.74 Å². The highest BCUT2D eigenvalue weighted by atomic mass is 32.2. The van der Waals surface area contributed by atoms with Crippen LogP contribution in [-0.4, -0.2) is 56.7 Å². The van der Waals surface area contributed by atoms with Crippen LogP contribution >= 0.6 is 0 Å². The first-order valence-corrected chi connectivity index (χ1v) is 7.97. The summed E-state index contributed by atoms with van der Waals surface area (Å²) >= 11 is 0. The molecular weight excluding hydrogens is 298 g/mol. The van der Waals surface area contributed by atoms with E-state index in [9.17, 15) is 13.2 Å². The zero-order chi connectivity index (χ0) is 15.3. The van der Waals surface area contributed by atoms with Gasteiger partial charge in [-0.05, 0) is 24.3 Å². The highest BCUT2D eigenvalue weighted by Crippen LogP contribution is 2.20. The fraction of sp³-hybridized carbons (Fsp3) is 0.462. The van der Waals surface area contributed by atoms with Crippen molar-refractivity contribution in [3.8, 4) is 5.75 Å². The Balaban J connectivity index is 2.02. The Morgan fingerprint density at radius 3 is 2.43 bits per heavy atom. The molecule has 0 bridgehead atoms. The van der Waals surface area contributed by atoms with Crippen molar-refractivity contribution in [2.24, 2.45) is 0 Å². The largest absolute Gasteiger partial charge is 0.493 e. The van der Waals surface area contributed by atoms with E-state index in [4.69, 9.17) is 14.6 Å². The summed E-state index contributed by atoms with van der Waals surface area (Å²) in [7, 11) is -3.51. The third-order valence-electron chi connectivity index (χ3n) is 3.02. The fourth-order valence-corrected chi connectivity index (χ4v) is 3.31. The van der Waals surface area contributed by atoms with E-state index in [1.54, 1.807) is 0 Å². The standard InChI is InChI=1S/C13H17NO6S/c15-13(16)5-8-20-11-1-3-12(4-2-11)21(17,18)14-6-9-19-10-7-14/h1-4H,5-10H2,(H,15,16). The molecule has 1 aliphatic heterocycles. The molecule has 0 atom stereocenters. The number of nitrogens with zero attached hydrogens (tertiary/aromatic N) is 1. The van der Waals surface area contributed by atoms with E-state index in [1.807, 2.05) is 0 Å². The van der Waals surface area contributed by atoms with Gasteiger partial charge in [-0.2, -0.15) is 4.31 Å². The second kappa shape index (κ2) is 6.88. The maximum absolute atomic E-state index is 12.4. The number of carboxylic acids is 1. The first-order chi connectivity index (χ1) is 10.00. The van der Waals surface area contributed by atoms with Gasteiger partial charge >= 0.3 is 5.97 Å². The molecule has 0 aromatic heterocycles. The van der Waals surface area contributed by atoms with Gasteiger partial charge in [0.05, 0.1) is 31.1 Å². The van der Waals surface area contributed by atoms with E-state index in [0.717, 1.165) is 0 Å². The Hall–Kier alpha value is -1.64. The lowest BCUT2D eigenvalue weighted by Gasteiger charge is -2.26. The number of hydrogen-bond acceptors (Lipinski definition) is 5. The van der Waals surface area contributed by atoms with Crippen molar-refractivity contribution in [2.75, 3.05) is 32.9 Å². The zero-order valence-electron chi connectivity index (χ0n) is 11.4. The number of hydrogen-bond donors (Lipinski definition) is 1. The molecule has 0 saturated carbocycles. The van der Waals surface area contributed by atoms with Gasteiger partial charge in [-0.15, -0.1) is 0 Å². The fourth-order valence-electron chi connectivity index (χ4n) is 1.90. The zero-order valence-corrected chi connectivity index (χ0v) is 12.2. The number of benzene rings is 1. The van der Waals surface area contributed by atoms with Gasteiger partial charge < -0.3 is 14.6 Å². The van der Waals surface area contributed by atoms with Gasteiger partial charge in [0.15, 0.2) is 0 Å². The maximum Gasteiger partial charge on any atom is 0.306 e. The van der Waals surface area contributed by atoms with Crippen molar-refractivity contribution in [1.82, 2.24) is 4.31 Å². The maximum atomic E-state index is 12.4. The SMILES string of the molecule is O=C(O)CCOc1ccc(S(=O)(=O)N2CCOCC2)cc1. The smallest absolute Gasteiger partial charge is 0.306 e. The van der Waals surface area contributed by atoms with Gasteiger partial charge in [-0.1, -0.05) is 0 Å². The van der Waals surface area contributed by atoms with Crippen LogP contribution in [0.3, 0.4) is 0 Å². The Kier molecular flexibility index (Phi) is 5.16. The van der Waals surface area contributed by atoms with Crippen molar-refractivity contribution in [3.63, 3.8) is 0 Å². The van der Waals surface area contributed by atoms with Gasteiger partial charge in [0, 0.05) is 13.1 Å². The molecule has 1 aliphatic rings. The normalized spacial score (nSPS) is 16.6. The number of carbonyl (C=O) groups is 1. The summed E-state index contributed by atoms with van der Waals surface area (Å²) in [6.07, 6.45) is -0.103. The van der Waals surface area contributed by atoms with E-state index in [-0.39, 0.29) is 17.9 Å². The molecule has 1 N–H and O–H groups in total. The molecule has 21 heavy (non-hydrogen) atoms. The molecule has 0 spiro atoms. The molecule has 1 heterocycles. The summed E-state index contributed by atoms with van der Waals surface area (Å²) in [5.41, 5.74) is 0. The second-order valence-corrected chi connectivity index (χ2v) is 6.42. The number of carboxylic acid groups (broad SMARTS) is 1. The van der Waals surface area contributed by atoms with Crippen LogP contribution in [-0.2, 0) is 19.6 Å². The van der Waals surface area contributed by atoms with Crippen LogP contribution in [0.25, 0.3) is 0 Å². The van der Waals surface area contributed by atoms with E-state index in [1.165, 1.54) is 28.6 Å². The number of aliphatic carboxylic acids is 1. The van der Waals surface area contributed by atoms with Crippen molar-refractivity contribution in [1.29, 1.82) is 0 Å². The molecule has 8 heteroatoms. The van der Waals surface area contributed by atoms with Crippen LogP contribution in [0, 0.1) is 0 Å². The summed E-state index contributed by atoms with van der Waals surface area (Å²) in [5, 5.41) is 8.51. The van der Waals surface area contributed by atoms with Gasteiger partial charge in [-0.3, -0.25) is 4.79 Å². The number of morpholine rings is 1. The Labute approximate surface area is 123 Å². The first-order valence-electron chi connectivity index (χ1n) is 6.53. The average Bonchev–Trinajstić information content (AvgIpc) is 2.48. The molecule has 2 rings (SSSR count). The van der Waals surface area contributed by atoms with Crippen molar-refractivity contribution >= 4 is 16.0 Å². The number of rotatable bonds is 6. The van der Waals surface area contributed by atoms with Crippen molar-refractivity contribution in [3.05, 3.63) is 24.3 Å². The van der Waals surface area contributed by atoms with Crippen molar-refractivity contribution < 1.29 is 27.8 Å². The van der Waals surface area contributed by atoms with Crippen LogP contribution in [0.2, 0.25) is 0 Å². The van der Waals surface area contributed by atoms with Gasteiger partial charge in [-0.25, -0.2) is 8.42 Å². The molecule has 7 nitrogen and oxygen atoms in total. The molecule has 1 fully saturated rings. The predicted molar refractivity (Wildman–Crippen MR) is 73.8 cm³/mol. The first kappa shape index (κ1) is 15.7. The topological polar surface area (TPSA) is 93.1 Å². The van der Waals surface area contributed by atoms with Crippen molar-refractivity contribution in [2.45, 2.75) is 11.3 Å². The third kappa shape index (κ3) is 4.16. The minimum atomic E-state index is -3.51. The quantitative estimate of drug-likeness (QED) is 0.824. The van der Waals surface area contributed by atoms with Gasteiger partial charge in [0.1, 0.15) is 5.75 Å². The highest BCUT2D eigenvalue weighted by molar-refractivity contribution is 7.89. The lowest BCUT2D eigenvalue weighted by atomic mass is 10.3. The van der Waals surface area contributed by atoms with Crippen LogP contribution in [0.5, 0.6) is 5.75 Å². The number of ether oxygens (including phenoxy) is 2. The molecule has 0 radical (unpaired) electrons. The van der Waals surface area contributed by atoms with E-state index >= 15 is 0 Å². The Bertz CT molecular complexity index is 577. The third-order valence-corrected chi connectivity index (χ3v) is 4.93. The van der Waals surface area contributed by atoms with Crippen LogP contribution in [0.1, 0.15) is 6.42 Å². The minimum absolute atomic E-state index is 0.0465. The van der Waals surface area contributed by atoms with E-state index in [0.29, 0.717) is 32.1 Å². The summed E-state index contributed by atoms with van der Waals surface area (Å²) < 4.78 is 36.5. The summed E-state index contributed by atoms with van der Waals surface area (Å²) in [6, 6.07) is 5.96. The summed E-state index contributed by atoms with van der Waals surface area (Å²) in [4.78, 5) is 10.6. The van der Waals surface area contributed by atoms with Gasteiger partial charge in [0.2, 0.25) is 10.0 Å². The Morgan fingerprint density at radius 1 is 1.24 bits per heavy atom. The van der Waals surface area contributed by atoms with E-state index in [2.05, 4.69) is 0 Å². The molecular formula is C13H17NO6S. The molecule has 116 valence electrons. The van der Waals surface area contributed by atoms with Crippen LogP contribution in [0.15, 0.2) is 29.2 Å². The molecule has 0 aliphatic carbocycles. The molecule has 1 aromatic rings. The molecule has 1 aromatic carbocycles. The molecule has 0 unspecified atom stereocenters. The second-order valence-electron chi connectivity index (χ2n) is 4.48. The van der Waals surface area contributed by atoms with E-state index < -0.39 is 16.0 Å². The lowest BCUT2D eigenvalue weighted by molar-refractivity contribution is -0.137. The number of sulfonamides is 1. The van der Waals surface area contributed by atoms with Crippen LogP contribution in [0.4, 0.5) is 0 Å². The summed E-state index contributed by atoms with van der Waals surface area (Å²) in [5.74, 6) is -0.501. The Morgan fingerprint density at radius 2 is 1.86 bits per heavy atom. The molecule has 1 saturated heterocycles. The average molecular weight is 315 g/mol. The minimum Gasteiger partial charge on any atom is -0.493 e. The lowest BCUT2D eigenvalue weighted by Crippen LogP contribution is -2.40. The monoisotopic (exact) mass is 315 g/mol. The highest BCUT2D eigenvalue weighted by Gasteiger charge is 2.26. The van der Waals surface area contributed by atoms with Gasteiger partial charge in [0.25, 0.3) is 0 Å². The summed E-state index contributed by atoms with van der Waals surface area (Å²) in [6.45, 7) is 1.54. The predicted octanol–water partition coefficient (Wildman–Crippen LogP) is 0.561. The molecule has 0 amide bonds.